The largest absolute Gasteiger partial charge is 0.489 e. The first-order valence-electron chi connectivity index (χ1n) is 9.85. The summed E-state index contributed by atoms with van der Waals surface area (Å²) in [5.74, 6) is 0.591. The molecule has 0 aliphatic carbocycles. The molecule has 0 spiro atoms. The number of nitrogens with zero attached hydrogens (tertiary/aromatic N) is 1. The summed E-state index contributed by atoms with van der Waals surface area (Å²) in [5.41, 5.74) is 1.27. The SMILES string of the molecule is O=S(=O)(c1cccc2ccccc12)n1ccc2cc(OCc3c(Cl)cccc3Cl)ccc21. The van der Waals surface area contributed by atoms with Gasteiger partial charge in [-0.25, -0.2) is 12.4 Å². The maximum Gasteiger partial charge on any atom is 0.268 e. The fourth-order valence-corrected chi connectivity index (χ4v) is 5.83. The second-order valence-electron chi connectivity index (χ2n) is 7.30. The van der Waals surface area contributed by atoms with Crippen LogP contribution in [-0.2, 0) is 16.6 Å². The first kappa shape index (κ1) is 20.9. The lowest BCUT2D eigenvalue weighted by atomic mass is 10.1. The van der Waals surface area contributed by atoms with Gasteiger partial charge in [0.15, 0.2) is 0 Å². The molecule has 0 radical (unpaired) electrons. The van der Waals surface area contributed by atoms with Crippen LogP contribution < -0.4 is 4.74 Å². The molecule has 0 atom stereocenters. The second kappa shape index (κ2) is 8.17. The van der Waals surface area contributed by atoms with Crippen LogP contribution in [-0.4, -0.2) is 12.4 Å². The summed E-state index contributed by atoms with van der Waals surface area (Å²) in [5, 5.41) is 3.38. The molecule has 5 rings (SSSR count). The summed E-state index contributed by atoms with van der Waals surface area (Å²) in [4.78, 5) is 0.266. The molecule has 0 fully saturated rings. The molecule has 5 aromatic rings. The van der Waals surface area contributed by atoms with Crippen LogP contribution in [0.4, 0.5) is 0 Å². The molecule has 32 heavy (non-hydrogen) atoms. The minimum Gasteiger partial charge on any atom is -0.489 e. The van der Waals surface area contributed by atoms with Crippen molar-refractivity contribution in [2.24, 2.45) is 0 Å². The summed E-state index contributed by atoms with van der Waals surface area (Å²) in [6, 6.07) is 25.1. The number of hydrogen-bond acceptors (Lipinski definition) is 3. The van der Waals surface area contributed by atoms with Crippen molar-refractivity contribution in [3.05, 3.63) is 107 Å². The number of rotatable bonds is 5. The maximum atomic E-state index is 13.5. The normalized spacial score (nSPS) is 11.8. The number of fused-ring (bicyclic) bond motifs is 2. The van der Waals surface area contributed by atoms with E-state index in [0.717, 1.165) is 10.8 Å². The van der Waals surface area contributed by atoms with Crippen LogP contribution in [0.2, 0.25) is 10.0 Å². The van der Waals surface area contributed by atoms with E-state index in [1.165, 1.54) is 3.97 Å². The highest BCUT2D eigenvalue weighted by molar-refractivity contribution is 7.90. The van der Waals surface area contributed by atoms with Crippen molar-refractivity contribution in [3.8, 4) is 5.75 Å². The van der Waals surface area contributed by atoms with Gasteiger partial charge < -0.3 is 4.74 Å². The molecule has 1 heterocycles. The van der Waals surface area contributed by atoms with Gasteiger partial charge in [0.1, 0.15) is 12.4 Å². The highest BCUT2D eigenvalue weighted by Crippen LogP contribution is 2.30. The number of hydrogen-bond donors (Lipinski definition) is 0. The molecule has 160 valence electrons. The van der Waals surface area contributed by atoms with E-state index in [-0.39, 0.29) is 11.5 Å². The molecule has 1 aromatic heterocycles. The molecule has 0 saturated heterocycles. The molecular formula is C25H17Cl2NO3S. The number of halogens is 2. The van der Waals surface area contributed by atoms with Gasteiger partial charge in [0, 0.05) is 32.6 Å². The Balaban J connectivity index is 1.50. The van der Waals surface area contributed by atoms with Crippen LogP contribution in [0, 0.1) is 0 Å². The molecule has 0 saturated carbocycles. The Morgan fingerprint density at radius 1 is 0.781 bits per heavy atom. The molecular weight excluding hydrogens is 465 g/mol. The molecule has 0 aliphatic heterocycles. The Labute approximate surface area is 195 Å². The fraction of sp³-hybridized carbons (Fsp3) is 0.0400. The average molecular weight is 482 g/mol. The lowest BCUT2D eigenvalue weighted by molar-refractivity contribution is 0.307. The van der Waals surface area contributed by atoms with Crippen LogP contribution in [0.5, 0.6) is 5.75 Å². The van der Waals surface area contributed by atoms with E-state index in [9.17, 15) is 8.42 Å². The highest BCUT2D eigenvalue weighted by atomic mass is 35.5. The van der Waals surface area contributed by atoms with Gasteiger partial charge >= 0.3 is 0 Å². The lowest BCUT2D eigenvalue weighted by Crippen LogP contribution is -2.12. The molecule has 0 aliphatic rings. The topological polar surface area (TPSA) is 48.3 Å². The van der Waals surface area contributed by atoms with Gasteiger partial charge in [0.25, 0.3) is 10.0 Å². The smallest absolute Gasteiger partial charge is 0.268 e. The first-order chi connectivity index (χ1) is 15.4. The predicted molar refractivity (Wildman–Crippen MR) is 129 cm³/mol. The van der Waals surface area contributed by atoms with Crippen LogP contribution in [0.1, 0.15) is 5.56 Å². The van der Waals surface area contributed by atoms with Gasteiger partial charge in [0.2, 0.25) is 0 Å². The van der Waals surface area contributed by atoms with Crippen molar-refractivity contribution >= 4 is 54.9 Å². The summed E-state index contributed by atoms with van der Waals surface area (Å²) >= 11 is 12.4. The van der Waals surface area contributed by atoms with Crippen molar-refractivity contribution < 1.29 is 13.2 Å². The van der Waals surface area contributed by atoms with E-state index in [1.807, 2.05) is 30.3 Å². The molecule has 0 amide bonds. The Morgan fingerprint density at radius 3 is 2.31 bits per heavy atom. The lowest BCUT2D eigenvalue weighted by Gasteiger charge is -2.12. The second-order valence-corrected chi connectivity index (χ2v) is 9.90. The number of aromatic nitrogens is 1. The highest BCUT2D eigenvalue weighted by Gasteiger charge is 2.21. The minimum atomic E-state index is -3.79. The van der Waals surface area contributed by atoms with Gasteiger partial charge in [-0.3, -0.25) is 0 Å². The molecule has 0 N–H and O–H groups in total. The van der Waals surface area contributed by atoms with Crippen LogP contribution >= 0.6 is 23.2 Å². The quantitative estimate of drug-likeness (QED) is 0.273. The van der Waals surface area contributed by atoms with Crippen molar-refractivity contribution in [1.82, 2.24) is 3.97 Å². The zero-order valence-electron chi connectivity index (χ0n) is 16.7. The molecule has 4 nitrogen and oxygen atoms in total. The maximum absolute atomic E-state index is 13.5. The average Bonchev–Trinajstić information content (AvgIpc) is 3.22. The van der Waals surface area contributed by atoms with Crippen LogP contribution in [0.25, 0.3) is 21.7 Å². The summed E-state index contributed by atoms with van der Waals surface area (Å²) in [6.45, 7) is 0.207. The summed E-state index contributed by atoms with van der Waals surface area (Å²) in [7, 11) is -3.79. The standard InChI is InChI=1S/C25H17Cl2NO3S/c26-22-8-4-9-23(27)21(22)16-31-19-11-12-24-18(15-19)13-14-28(24)32(29,30)25-10-3-6-17-5-1-2-7-20(17)25/h1-15H,16H2. The third-order valence-electron chi connectivity index (χ3n) is 5.36. The third-order valence-corrected chi connectivity index (χ3v) is 7.81. The summed E-state index contributed by atoms with van der Waals surface area (Å²) < 4.78 is 34.2. The molecule has 0 unspecified atom stereocenters. The van der Waals surface area contributed by atoms with Crippen LogP contribution in [0.15, 0.2) is 96.0 Å². The summed E-state index contributed by atoms with van der Waals surface area (Å²) in [6.07, 6.45) is 1.57. The van der Waals surface area contributed by atoms with Crippen molar-refractivity contribution in [2.75, 3.05) is 0 Å². The Hall–Kier alpha value is -2.99. The zero-order valence-corrected chi connectivity index (χ0v) is 19.0. The number of benzene rings is 4. The first-order valence-corrected chi connectivity index (χ1v) is 12.0. The van der Waals surface area contributed by atoms with Crippen LogP contribution in [0.3, 0.4) is 0 Å². The molecule has 0 bridgehead atoms. The predicted octanol–water partition coefficient (Wildman–Crippen LogP) is 6.92. The van der Waals surface area contributed by atoms with Gasteiger partial charge in [-0.15, -0.1) is 0 Å². The van der Waals surface area contributed by atoms with E-state index >= 15 is 0 Å². The third kappa shape index (κ3) is 3.62. The molecule has 4 aromatic carbocycles. The van der Waals surface area contributed by atoms with E-state index < -0.39 is 10.0 Å². The minimum absolute atomic E-state index is 0.207. The van der Waals surface area contributed by atoms with Gasteiger partial charge in [-0.05, 0) is 47.9 Å². The van der Waals surface area contributed by atoms with Gasteiger partial charge in [-0.1, -0.05) is 65.7 Å². The monoisotopic (exact) mass is 481 g/mol. The van der Waals surface area contributed by atoms with Crippen molar-refractivity contribution in [3.63, 3.8) is 0 Å². The Kier molecular flexibility index (Phi) is 5.33. The zero-order chi connectivity index (χ0) is 22.3. The molecule has 7 heteroatoms. The Morgan fingerprint density at radius 2 is 1.50 bits per heavy atom. The van der Waals surface area contributed by atoms with Gasteiger partial charge in [-0.2, -0.15) is 0 Å². The van der Waals surface area contributed by atoms with Crippen molar-refractivity contribution in [1.29, 1.82) is 0 Å². The van der Waals surface area contributed by atoms with Gasteiger partial charge in [0.05, 0.1) is 10.4 Å². The number of ether oxygens (including phenoxy) is 1. The van der Waals surface area contributed by atoms with E-state index in [1.54, 1.807) is 60.8 Å². The van der Waals surface area contributed by atoms with E-state index in [0.29, 0.717) is 32.3 Å². The van der Waals surface area contributed by atoms with E-state index in [4.69, 9.17) is 27.9 Å². The fourth-order valence-electron chi connectivity index (χ4n) is 3.75. The Bertz CT molecular complexity index is 1550. The van der Waals surface area contributed by atoms with Crippen molar-refractivity contribution in [2.45, 2.75) is 11.5 Å². The van der Waals surface area contributed by atoms with E-state index in [2.05, 4.69) is 0 Å².